The highest BCUT2D eigenvalue weighted by Gasteiger charge is 2.23. The number of hydrogen-bond donors (Lipinski definition) is 1. The van der Waals surface area contributed by atoms with Crippen LogP contribution < -0.4 is 0 Å². The summed E-state index contributed by atoms with van der Waals surface area (Å²) in [5, 5.41) is 11.0. The maximum absolute atomic E-state index is 15.2. The van der Waals surface area contributed by atoms with Gasteiger partial charge in [-0.1, -0.05) is 6.07 Å². The van der Waals surface area contributed by atoms with Crippen molar-refractivity contribution in [1.29, 1.82) is 0 Å². The molecule has 148 valence electrons. The van der Waals surface area contributed by atoms with Crippen molar-refractivity contribution in [2.75, 3.05) is 20.2 Å². The molecule has 0 radical (unpaired) electrons. The van der Waals surface area contributed by atoms with E-state index in [0.29, 0.717) is 23.5 Å². The summed E-state index contributed by atoms with van der Waals surface area (Å²) in [5.41, 5.74) is 2.06. The van der Waals surface area contributed by atoms with Gasteiger partial charge in [0.25, 0.3) is 0 Å². The first-order chi connectivity index (χ1) is 13.5. The molecular formula is C20H23F2N5O. The molecule has 1 fully saturated rings. The van der Waals surface area contributed by atoms with Crippen molar-refractivity contribution in [3.63, 3.8) is 0 Å². The second-order valence-electron chi connectivity index (χ2n) is 7.20. The molecule has 4 rings (SSSR count). The van der Waals surface area contributed by atoms with Crippen LogP contribution >= 0.6 is 0 Å². The molecule has 0 aliphatic carbocycles. The van der Waals surface area contributed by atoms with Crippen molar-refractivity contribution in [2.45, 2.75) is 25.5 Å². The number of likely N-dealkylation sites (tertiary alicyclic amines) is 1. The van der Waals surface area contributed by atoms with Gasteiger partial charge >= 0.3 is 0 Å². The van der Waals surface area contributed by atoms with Crippen LogP contribution in [0.15, 0.2) is 30.6 Å². The third kappa shape index (κ3) is 3.70. The number of benzene rings is 1. The molecule has 1 unspecified atom stereocenters. The predicted molar refractivity (Wildman–Crippen MR) is 101 cm³/mol. The Bertz CT molecular complexity index is 967. The summed E-state index contributed by atoms with van der Waals surface area (Å²) in [7, 11) is 3.50. The van der Waals surface area contributed by atoms with E-state index in [1.54, 1.807) is 37.3 Å². The van der Waals surface area contributed by atoms with Gasteiger partial charge < -0.3 is 4.74 Å². The minimum atomic E-state index is -0.615. The number of aryl methyl sites for hydroxylation is 1. The van der Waals surface area contributed by atoms with Crippen LogP contribution in [-0.2, 0) is 18.3 Å². The Kier molecular flexibility index (Phi) is 5.23. The van der Waals surface area contributed by atoms with Crippen molar-refractivity contribution in [3.05, 3.63) is 47.8 Å². The molecule has 0 amide bonds. The van der Waals surface area contributed by atoms with Gasteiger partial charge in [-0.25, -0.2) is 8.78 Å². The van der Waals surface area contributed by atoms with Gasteiger partial charge in [0.2, 0.25) is 0 Å². The van der Waals surface area contributed by atoms with E-state index in [-0.39, 0.29) is 11.7 Å². The number of nitrogens with zero attached hydrogens (tertiary/aromatic N) is 4. The summed E-state index contributed by atoms with van der Waals surface area (Å²) < 4.78 is 36.8. The quantitative estimate of drug-likeness (QED) is 0.729. The van der Waals surface area contributed by atoms with Crippen LogP contribution in [0.1, 0.15) is 18.4 Å². The summed E-state index contributed by atoms with van der Waals surface area (Å²) in [4.78, 5) is 2.14. The lowest BCUT2D eigenvalue weighted by Crippen LogP contribution is -2.38. The van der Waals surface area contributed by atoms with Crippen LogP contribution in [0.3, 0.4) is 0 Å². The fourth-order valence-corrected chi connectivity index (χ4v) is 3.71. The summed E-state index contributed by atoms with van der Waals surface area (Å²) in [6.07, 6.45) is 5.63. The Balaban J connectivity index is 1.61. The average molecular weight is 387 g/mol. The normalized spacial score (nSPS) is 17.9. The molecule has 28 heavy (non-hydrogen) atoms. The van der Waals surface area contributed by atoms with E-state index in [0.717, 1.165) is 31.5 Å². The first-order valence-electron chi connectivity index (χ1n) is 9.32. The summed E-state index contributed by atoms with van der Waals surface area (Å²) >= 11 is 0. The molecule has 1 atom stereocenters. The van der Waals surface area contributed by atoms with Gasteiger partial charge in [0, 0.05) is 44.6 Å². The highest BCUT2D eigenvalue weighted by atomic mass is 19.1. The lowest BCUT2D eigenvalue weighted by atomic mass is 10.0. The summed E-state index contributed by atoms with van der Waals surface area (Å²) in [5.74, 6) is -1.17. The highest BCUT2D eigenvalue weighted by Crippen LogP contribution is 2.30. The standard InChI is InChI=1S/C20H23F2N5O/c1-26-10-14(9-23-26)17-8-18(25-24-17)19-16(21)6-5-13(20(19)22)11-27-7-3-4-15(12-27)28-2/h5-6,8-10,15H,3-4,7,11-12H2,1-2H3,(H,24,25). The number of aromatic amines is 1. The Labute approximate surface area is 162 Å². The number of H-pyrrole nitrogens is 1. The van der Waals surface area contributed by atoms with Gasteiger partial charge in [-0.05, 0) is 31.5 Å². The average Bonchev–Trinajstić information content (AvgIpc) is 3.34. The van der Waals surface area contributed by atoms with Gasteiger partial charge in [-0.2, -0.15) is 10.2 Å². The van der Waals surface area contributed by atoms with Crippen LogP contribution in [0.5, 0.6) is 0 Å². The Morgan fingerprint density at radius 3 is 2.93 bits per heavy atom. The van der Waals surface area contributed by atoms with Crippen molar-refractivity contribution in [3.8, 4) is 22.5 Å². The zero-order valence-electron chi connectivity index (χ0n) is 16.0. The number of hydrogen-bond acceptors (Lipinski definition) is 4. The van der Waals surface area contributed by atoms with Crippen LogP contribution in [0.25, 0.3) is 22.5 Å². The maximum Gasteiger partial charge on any atom is 0.140 e. The van der Waals surface area contributed by atoms with Gasteiger partial charge in [-0.3, -0.25) is 14.7 Å². The second-order valence-corrected chi connectivity index (χ2v) is 7.20. The minimum absolute atomic E-state index is 0.0829. The van der Waals surface area contributed by atoms with E-state index in [1.807, 2.05) is 0 Å². The van der Waals surface area contributed by atoms with Crippen molar-refractivity contribution in [1.82, 2.24) is 24.9 Å². The van der Waals surface area contributed by atoms with Crippen LogP contribution in [0.2, 0.25) is 0 Å². The Morgan fingerprint density at radius 1 is 1.32 bits per heavy atom. The molecular weight excluding hydrogens is 364 g/mol. The lowest BCUT2D eigenvalue weighted by Gasteiger charge is -2.32. The molecule has 3 aromatic rings. The zero-order valence-corrected chi connectivity index (χ0v) is 16.0. The van der Waals surface area contributed by atoms with E-state index in [1.165, 1.54) is 12.1 Å². The maximum atomic E-state index is 15.2. The molecule has 2 aromatic heterocycles. The van der Waals surface area contributed by atoms with Gasteiger partial charge in [0.1, 0.15) is 11.6 Å². The largest absolute Gasteiger partial charge is 0.380 e. The molecule has 1 saturated heterocycles. The van der Waals surface area contributed by atoms with Crippen molar-refractivity contribution in [2.24, 2.45) is 7.05 Å². The second kappa shape index (κ2) is 7.81. The van der Waals surface area contributed by atoms with Gasteiger partial charge in [-0.15, -0.1) is 0 Å². The number of halogens is 2. The van der Waals surface area contributed by atoms with E-state index < -0.39 is 11.6 Å². The van der Waals surface area contributed by atoms with E-state index in [2.05, 4.69) is 20.2 Å². The minimum Gasteiger partial charge on any atom is -0.380 e. The molecule has 1 aliphatic heterocycles. The third-order valence-corrected chi connectivity index (χ3v) is 5.21. The predicted octanol–water partition coefficient (Wildman–Crippen LogP) is 3.37. The van der Waals surface area contributed by atoms with E-state index in [4.69, 9.17) is 4.74 Å². The molecule has 0 spiro atoms. The monoisotopic (exact) mass is 387 g/mol. The number of rotatable bonds is 5. The molecule has 0 bridgehead atoms. The Hall–Kier alpha value is -2.58. The SMILES string of the molecule is COC1CCCN(Cc2ccc(F)c(-c3cc(-c4cnn(C)c4)n[nH]3)c2F)C1. The van der Waals surface area contributed by atoms with Gasteiger partial charge in [0.15, 0.2) is 0 Å². The first-order valence-corrected chi connectivity index (χ1v) is 9.32. The third-order valence-electron chi connectivity index (χ3n) is 5.21. The molecule has 0 saturated carbocycles. The highest BCUT2D eigenvalue weighted by molar-refractivity contribution is 5.68. The number of piperidine rings is 1. The molecule has 6 nitrogen and oxygen atoms in total. The van der Waals surface area contributed by atoms with E-state index >= 15 is 4.39 Å². The molecule has 1 aliphatic rings. The van der Waals surface area contributed by atoms with E-state index in [9.17, 15) is 4.39 Å². The number of aromatic nitrogens is 4. The fourth-order valence-electron chi connectivity index (χ4n) is 3.71. The van der Waals surface area contributed by atoms with Crippen LogP contribution in [0, 0.1) is 11.6 Å². The molecule has 8 heteroatoms. The number of methoxy groups -OCH3 is 1. The molecule has 1 aromatic carbocycles. The number of ether oxygens (including phenoxy) is 1. The fraction of sp³-hybridized carbons (Fsp3) is 0.400. The summed E-state index contributed by atoms with van der Waals surface area (Å²) in [6, 6.07) is 4.48. The van der Waals surface area contributed by atoms with Crippen LogP contribution in [0.4, 0.5) is 8.78 Å². The smallest absolute Gasteiger partial charge is 0.140 e. The lowest BCUT2D eigenvalue weighted by molar-refractivity contribution is 0.0282. The zero-order chi connectivity index (χ0) is 19.7. The summed E-state index contributed by atoms with van der Waals surface area (Å²) in [6.45, 7) is 2.04. The van der Waals surface area contributed by atoms with Crippen molar-refractivity contribution < 1.29 is 13.5 Å². The van der Waals surface area contributed by atoms with Gasteiger partial charge in [0.05, 0.1) is 29.3 Å². The first kappa shape index (κ1) is 18.8. The molecule has 1 N–H and O–H groups in total. The van der Waals surface area contributed by atoms with Crippen LogP contribution in [-0.4, -0.2) is 51.2 Å². The Morgan fingerprint density at radius 2 is 2.18 bits per heavy atom. The molecule has 3 heterocycles. The topological polar surface area (TPSA) is 59.0 Å². The number of nitrogens with one attached hydrogen (secondary N) is 1. The van der Waals surface area contributed by atoms with Crippen molar-refractivity contribution >= 4 is 0 Å².